The van der Waals surface area contributed by atoms with E-state index in [1.165, 1.54) is 0 Å². The lowest BCUT2D eigenvalue weighted by Crippen LogP contribution is -2.37. The van der Waals surface area contributed by atoms with E-state index in [2.05, 4.69) is 31.1 Å². The lowest BCUT2D eigenvalue weighted by Gasteiger charge is -2.23. The number of hydrogen-bond donors (Lipinski definition) is 1. The van der Waals surface area contributed by atoms with Crippen molar-refractivity contribution < 1.29 is 14.3 Å². The SMILES string of the molecule is CC[C@H](C)N(C)CCNC(=O)c1ccc2c(c1)OCO2. The first-order chi connectivity index (χ1) is 9.61. The molecular formula is C15H22N2O3. The van der Waals surface area contributed by atoms with E-state index < -0.39 is 0 Å². The Morgan fingerprint density at radius 1 is 1.40 bits per heavy atom. The fourth-order valence-electron chi connectivity index (χ4n) is 2.02. The Labute approximate surface area is 119 Å². The van der Waals surface area contributed by atoms with Crippen LogP contribution in [0.4, 0.5) is 0 Å². The van der Waals surface area contributed by atoms with Crippen molar-refractivity contribution in [2.24, 2.45) is 0 Å². The molecule has 1 aliphatic heterocycles. The number of carbonyl (C=O) groups excluding carboxylic acids is 1. The van der Waals surface area contributed by atoms with Crippen LogP contribution < -0.4 is 14.8 Å². The summed E-state index contributed by atoms with van der Waals surface area (Å²) in [6.07, 6.45) is 1.10. The number of nitrogens with zero attached hydrogens (tertiary/aromatic N) is 1. The molecule has 5 nitrogen and oxygen atoms in total. The Morgan fingerprint density at radius 3 is 2.90 bits per heavy atom. The molecule has 0 aromatic heterocycles. The number of carbonyl (C=O) groups is 1. The molecule has 0 radical (unpaired) electrons. The highest BCUT2D eigenvalue weighted by molar-refractivity contribution is 5.94. The smallest absolute Gasteiger partial charge is 0.251 e. The first kappa shape index (κ1) is 14.7. The van der Waals surface area contributed by atoms with Gasteiger partial charge >= 0.3 is 0 Å². The zero-order valence-corrected chi connectivity index (χ0v) is 12.3. The van der Waals surface area contributed by atoms with Crippen LogP contribution in [0, 0.1) is 0 Å². The summed E-state index contributed by atoms with van der Waals surface area (Å²) in [4.78, 5) is 14.3. The summed E-state index contributed by atoms with van der Waals surface area (Å²) in [6, 6.07) is 5.76. The molecule has 0 spiro atoms. The standard InChI is InChI=1S/C15H22N2O3/c1-4-11(2)17(3)8-7-16-15(18)12-5-6-13-14(9-12)20-10-19-13/h5-6,9,11H,4,7-8,10H2,1-3H3,(H,16,18)/t11-/m0/s1. The second-order valence-electron chi connectivity index (χ2n) is 5.06. The van der Waals surface area contributed by atoms with Crippen LogP contribution >= 0.6 is 0 Å². The molecule has 1 N–H and O–H groups in total. The van der Waals surface area contributed by atoms with E-state index in [0.29, 0.717) is 29.6 Å². The summed E-state index contributed by atoms with van der Waals surface area (Å²) in [5, 5.41) is 2.92. The predicted octanol–water partition coefficient (Wildman–Crippen LogP) is 1.88. The van der Waals surface area contributed by atoms with Crippen LogP contribution in [0.3, 0.4) is 0 Å². The molecule has 0 fully saturated rings. The summed E-state index contributed by atoms with van der Waals surface area (Å²) in [7, 11) is 2.07. The molecule has 20 heavy (non-hydrogen) atoms. The average molecular weight is 278 g/mol. The third-order valence-electron chi connectivity index (χ3n) is 3.73. The van der Waals surface area contributed by atoms with Gasteiger partial charge in [0.1, 0.15) is 0 Å². The fraction of sp³-hybridized carbons (Fsp3) is 0.533. The quantitative estimate of drug-likeness (QED) is 0.863. The lowest BCUT2D eigenvalue weighted by atomic mass is 10.2. The largest absolute Gasteiger partial charge is 0.454 e. The number of fused-ring (bicyclic) bond motifs is 1. The molecule has 110 valence electrons. The number of likely N-dealkylation sites (N-methyl/N-ethyl adjacent to an activating group) is 1. The van der Waals surface area contributed by atoms with Crippen molar-refractivity contribution in [1.82, 2.24) is 10.2 Å². The van der Waals surface area contributed by atoms with Crippen LogP contribution in [0.1, 0.15) is 30.6 Å². The normalized spacial score (nSPS) is 14.4. The Balaban J connectivity index is 1.83. The van der Waals surface area contributed by atoms with Crippen molar-refractivity contribution in [3.63, 3.8) is 0 Å². The van der Waals surface area contributed by atoms with Gasteiger partial charge in [0, 0.05) is 24.7 Å². The molecule has 1 amide bonds. The van der Waals surface area contributed by atoms with E-state index in [9.17, 15) is 4.79 Å². The van der Waals surface area contributed by atoms with Crippen molar-refractivity contribution in [1.29, 1.82) is 0 Å². The zero-order chi connectivity index (χ0) is 14.5. The first-order valence-corrected chi connectivity index (χ1v) is 7.00. The summed E-state index contributed by atoms with van der Waals surface area (Å²) in [5.74, 6) is 1.24. The van der Waals surface area contributed by atoms with Gasteiger partial charge in [-0.05, 0) is 38.6 Å². The zero-order valence-electron chi connectivity index (χ0n) is 12.3. The van der Waals surface area contributed by atoms with Gasteiger partial charge in [0.05, 0.1) is 0 Å². The van der Waals surface area contributed by atoms with E-state index in [-0.39, 0.29) is 12.7 Å². The molecule has 0 saturated heterocycles. The van der Waals surface area contributed by atoms with Crippen molar-refractivity contribution >= 4 is 5.91 Å². The van der Waals surface area contributed by atoms with Gasteiger partial charge in [-0.1, -0.05) is 6.92 Å². The van der Waals surface area contributed by atoms with Crippen LogP contribution in [0.5, 0.6) is 11.5 Å². The highest BCUT2D eigenvalue weighted by Gasteiger charge is 2.16. The van der Waals surface area contributed by atoms with Gasteiger partial charge in [-0.2, -0.15) is 0 Å². The number of hydrogen-bond acceptors (Lipinski definition) is 4. The molecule has 5 heteroatoms. The number of rotatable bonds is 6. The fourth-order valence-corrected chi connectivity index (χ4v) is 2.02. The molecule has 1 atom stereocenters. The Kier molecular flexibility index (Phi) is 4.84. The molecule has 0 aliphatic carbocycles. The average Bonchev–Trinajstić information content (AvgIpc) is 2.93. The molecular weight excluding hydrogens is 256 g/mol. The molecule has 1 aromatic rings. The van der Waals surface area contributed by atoms with Crippen LogP contribution in [-0.4, -0.2) is 43.8 Å². The molecule has 2 rings (SSSR count). The van der Waals surface area contributed by atoms with E-state index in [4.69, 9.17) is 9.47 Å². The minimum absolute atomic E-state index is 0.0825. The Hall–Kier alpha value is -1.75. The minimum atomic E-state index is -0.0825. The van der Waals surface area contributed by atoms with Gasteiger partial charge in [-0.15, -0.1) is 0 Å². The summed E-state index contributed by atoms with van der Waals surface area (Å²) in [6.45, 7) is 6.03. The molecule has 1 aromatic carbocycles. The minimum Gasteiger partial charge on any atom is -0.454 e. The van der Waals surface area contributed by atoms with Gasteiger partial charge in [0.25, 0.3) is 5.91 Å². The Bertz CT molecular complexity index is 476. The lowest BCUT2D eigenvalue weighted by molar-refractivity contribution is 0.0947. The van der Waals surface area contributed by atoms with Crippen LogP contribution in [0.25, 0.3) is 0 Å². The van der Waals surface area contributed by atoms with Crippen molar-refractivity contribution in [2.45, 2.75) is 26.3 Å². The van der Waals surface area contributed by atoms with Crippen LogP contribution in [-0.2, 0) is 0 Å². The molecule has 1 aliphatic rings. The van der Waals surface area contributed by atoms with E-state index in [1.54, 1.807) is 18.2 Å². The number of nitrogens with one attached hydrogen (secondary N) is 1. The molecule has 0 unspecified atom stereocenters. The summed E-state index contributed by atoms with van der Waals surface area (Å²) in [5.41, 5.74) is 0.598. The number of ether oxygens (including phenoxy) is 2. The predicted molar refractivity (Wildman–Crippen MR) is 77.3 cm³/mol. The van der Waals surface area contributed by atoms with E-state index in [1.807, 2.05) is 0 Å². The van der Waals surface area contributed by atoms with Crippen molar-refractivity contribution in [2.75, 3.05) is 26.9 Å². The topological polar surface area (TPSA) is 50.8 Å². The molecule has 0 bridgehead atoms. The maximum absolute atomic E-state index is 12.0. The van der Waals surface area contributed by atoms with Crippen LogP contribution in [0.15, 0.2) is 18.2 Å². The van der Waals surface area contributed by atoms with Crippen LogP contribution in [0.2, 0.25) is 0 Å². The van der Waals surface area contributed by atoms with Gasteiger partial charge in [-0.3, -0.25) is 4.79 Å². The highest BCUT2D eigenvalue weighted by atomic mass is 16.7. The van der Waals surface area contributed by atoms with Gasteiger partial charge < -0.3 is 19.7 Å². The van der Waals surface area contributed by atoms with Gasteiger partial charge in [0.2, 0.25) is 6.79 Å². The number of benzene rings is 1. The van der Waals surface area contributed by atoms with E-state index in [0.717, 1.165) is 13.0 Å². The molecule has 1 heterocycles. The van der Waals surface area contributed by atoms with Crippen molar-refractivity contribution in [3.8, 4) is 11.5 Å². The van der Waals surface area contributed by atoms with Gasteiger partial charge in [-0.25, -0.2) is 0 Å². The maximum Gasteiger partial charge on any atom is 0.251 e. The summed E-state index contributed by atoms with van der Waals surface area (Å²) < 4.78 is 10.5. The van der Waals surface area contributed by atoms with Crippen molar-refractivity contribution in [3.05, 3.63) is 23.8 Å². The summed E-state index contributed by atoms with van der Waals surface area (Å²) >= 11 is 0. The highest BCUT2D eigenvalue weighted by Crippen LogP contribution is 2.32. The first-order valence-electron chi connectivity index (χ1n) is 7.00. The number of amides is 1. The maximum atomic E-state index is 12.0. The second-order valence-corrected chi connectivity index (χ2v) is 5.06. The molecule has 0 saturated carbocycles. The third-order valence-corrected chi connectivity index (χ3v) is 3.73. The van der Waals surface area contributed by atoms with E-state index >= 15 is 0 Å². The third kappa shape index (κ3) is 3.42. The Morgan fingerprint density at radius 2 is 2.15 bits per heavy atom. The van der Waals surface area contributed by atoms with Gasteiger partial charge in [0.15, 0.2) is 11.5 Å². The monoisotopic (exact) mass is 278 g/mol. The second kappa shape index (κ2) is 6.61.